The molecule has 2 aliphatic rings. The molecular weight excluding hydrogens is 431 g/mol. The molecular formula is C23H25FN4O5. The summed E-state index contributed by atoms with van der Waals surface area (Å²) in [6.07, 6.45) is 3.08. The van der Waals surface area contributed by atoms with E-state index in [2.05, 4.69) is 10.4 Å². The summed E-state index contributed by atoms with van der Waals surface area (Å²) in [6.45, 7) is 2.57. The largest absolute Gasteiger partial charge is 0.454 e. The van der Waals surface area contributed by atoms with Crippen LogP contribution in [-0.4, -0.2) is 51.0 Å². The van der Waals surface area contributed by atoms with Gasteiger partial charge < -0.3 is 10.1 Å². The molecule has 0 radical (unpaired) electrons. The highest BCUT2D eigenvalue weighted by atomic mass is 19.1. The first-order valence-electron chi connectivity index (χ1n) is 10.9. The third kappa shape index (κ3) is 4.50. The minimum Gasteiger partial charge on any atom is -0.454 e. The number of nitrogens with zero attached hydrogens (tertiary/aromatic N) is 3. The number of halogens is 1. The van der Waals surface area contributed by atoms with Gasteiger partial charge in [0.1, 0.15) is 17.7 Å². The van der Waals surface area contributed by atoms with Gasteiger partial charge in [-0.2, -0.15) is 5.10 Å². The van der Waals surface area contributed by atoms with Crippen molar-refractivity contribution in [3.63, 3.8) is 0 Å². The molecule has 3 amide bonds. The summed E-state index contributed by atoms with van der Waals surface area (Å²) in [6, 6.07) is 6.10. The summed E-state index contributed by atoms with van der Waals surface area (Å²) in [5.41, 5.74) is 1.16. The number of aromatic nitrogens is 2. The second-order valence-corrected chi connectivity index (χ2v) is 8.43. The minimum atomic E-state index is -1.10. The molecule has 33 heavy (non-hydrogen) atoms. The third-order valence-electron chi connectivity index (χ3n) is 6.12. The standard InChI is InChI=1S/C23H25FN4O5/c1-13-11-19(28(26-13)16-9-7-15(24)8-10-16)25-20(29)12-33-23(32)14(2)27-21(30)17-5-3-4-6-18(17)22(27)31/h7-11,14,17-18H,3-6,12H2,1-2H3,(H,25,29)/t14-,17?,18?/m0/s1. The lowest BCUT2D eigenvalue weighted by Gasteiger charge is -2.21. The van der Waals surface area contributed by atoms with Gasteiger partial charge in [0.15, 0.2) is 6.61 Å². The van der Waals surface area contributed by atoms with Crippen molar-refractivity contribution in [2.45, 2.75) is 45.6 Å². The molecule has 2 fully saturated rings. The number of aryl methyl sites for hydroxylation is 1. The molecule has 1 N–H and O–H groups in total. The lowest BCUT2D eigenvalue weighted by molar-refractivity contribution is -0.159. The average molecular weight is 456 g/mol. The molecule has 1 aromatic carbocycles. The fourth-order valence-electron chi connectivity index (χ4n) is 4.48. The van der Waals surface area contributed by atoms with Gasteiger partial charge in [0.25, 0.3) is 5.91 Å². The van der Waals surface area contributed by atoms with Gasteiger partial charge in [-0.25, -0.2) is 13.9 Å². The van der Waals surface area contributed by atoms with Gasteiger partial charge in [-0.15, -0.1) is 0 Å². The Morgan fingerprint density at radius 3 is 2.36 bits per heavy atom. The summed E-state index contributed by atoms with van der Waals surface area (Å²) in [4.78, 5) is 51.2. The Balaban J connectivity index is 1.37. The Labute approximate surface area is 189 Å². The van der Waals surface area contributed by atoms with Gasteiger partial charge in [-0.05, 0) is 51.0 Å². The molecule has 1 aliphatic heterocycles. The van der Waals surface area contributed by atoms with E-state index in [1.807, 2.05) is 0 Å². The second-order valence-electron chi connectivity index (χ2n) is 8.43. The van der Waals surface area contributed by atoms with Crippen molar-refractivity contribution in [3.8, 4) is 5.69 Å². The van der Waals surface area contributed by atoms with Crippen molar-refractivity contribution >= 4 is 29.5 Å². The first-order chi connectivity index (χ1) is 15.8. The highest BCUT2D eigenvalue weighted by Crippen LogP contribution is 2.38. The summed E-state index contributed by atoms with van der Waals surface area (Å²) in [5.74, 6) is -2.92. The summed E-state index contributed by atoms with van der Waals surface area (Å²) in [7, 11) is 0. The topological polar surface area (TPSA) is 111 Å². The zero-order valence-electron chi connectivity index (χ0n) is 18.4. The third-order valence-corrected chi connectivity index (χ3v) is 6.12. The number of carbonyl (C=O) groups is 4. The molecule has 1 saturated carbocycles. The molecule has 9 nitrogen and oxygen atoms in total. The van der Waals surface area contributed by atoms with Crippen LogP contribution in [0, 0.1) is 24.6 Å². The van der Waals surface area contributed by atoms with Gasteiger partial charge in [0.05, 0.1) is 23.2 Å². The Morgan fingerprint density at radius 2 is 1.76 bits per heavy atom. The average Bonchev–Trinajstić information content (AvgIpc) is 3.28. The van der Waals surface area contributed by atoms with E-state index in [0.29, 0.717) is 30.0 Å². The van der Waals surface area contributed by atoms with Crippen LogP contribution in [0.3, 0.4) is 0 Å². The van der Waals surface area contributed by atoms with Crippen molar-refractivity contribution in [1.82, 2.24) is 14.7 Å². The fraction of sp³-hybridized carbons (Fsp3) is 0.435. The molecule has 1 saturated heterocycles. The van der Waals surface area contributed by atoms with Crippen LogP contribution in [0.15, 0.2) is 30.3 Å². The van der Waals surface area contributed by atoms with Gasteiger partial charge in [0, 0.05) is 6.07 Å². The monoisotopic (exact) mass is 456 g/mol. The number of nitrogens with one attached hydrogen (secondary N) is 1. The predicted octanol–water partition coefficient (Wildman–Crippen LogP) is 2.37. The number of hydrogen-bond donors (Lipinski definition) is 1. The Kier molecular flexibility index (Phi) is 6.26. The number of esters is 1. The van der Waals surface area contributed by atoms with Crippen molar-refractivity contribution in [3.05, 3.63) is 41.8 Å². The SMILES string of the molecule is Cc1cc(NC(=O)COC(=O)[C@H](C)N2C(=O)C3CCCCC3C2=O)n(-c2ccc(F)cc2)n1. The molecule has 0 bridgehead atoms. The molecule has 174 valence electrons. The van der Waals surface area contributed by atoms with Gasteiger partial charge in [-0.3, -0.25) is 19.3 Å². The van der Waals surface area contributed by atoms with Crippen LogP contribution in [0.1, 0.15) is 38.3 Å². The number of benzene rings is 1. The molecule has 2 heterocycles. The number of hydrogen-bond acceptors (Lipinski definition) is 6. The molecule has 1 aromatic heterocycles. The Bertz CT molecular complexity index is 1070. The molecule has 10 heteroatoms. The number of carbonyl (C=O) groups excluding carboxylic acids is 4. The van der Waals surface area contributed by atoms with E-state index >= 15 is 0 Å². The van der Waals surface area contributed by atoms with Crippen LogP contribution in [-0.2, 0) is 23.9 Å². The zero-order chi connectivity index (χ0) is 23.7. The van der Waals surface area contributed by atoms with Gasteiger partial charge >= 0.3 is 5.97 Å². The van der Waals surface area contributed by atoms with Crippen LogP contribution >= 0.6 is 0 Å². The lowest BCUT2D eigenvalue weighted by atomic mass is 9.81. The zero-order valence-corrected chi connectivity index (χ0v) is 18.4. The number of rotatable bonds is 6. The molecule has 0 spiro atoms. The number of ether oxygens (including phenoxy) is 1. The van der Waals surface area contributed by atoms with E-state index < -0.39 is 30.3 Å². The first kappa shape index (κ1) is 22.6. The first-order valence-corrected chi connectivity index (χ1v) is 10.9. The number of anilines is 1. The van der Waals surface area contributed by atoms with Crippen molar-refractivity contribution in [2.24, 2.45) is 11.8 Å². The number of imide groups is 1. The van der Waals surface area contributed by atoms with E-state index in [1.165, 1.54) is 35.9 Å². The molecule has 2 aromatic rings. The van der Waals surface area contributed by atoms with E-state index in [0.717, 1.165) is 17.7 Å². The second kappa shape index (κ2) is 9.13. The highest BCUT2D eigenvalue weighted by molar-refractivity contribution is 6.08. The Morgan fingerprint density at radius 1 is 1.15 bits per heavy atom. The van der Waals surface area contributed by atoms with Crippen LogP contribution in [0.2, 0.25) is 0 Å². The summed E-state index contributed by atoms with van der Waals surface area (Å²) in [5, 5.41) is 6.89. The van der Waals surface area contributed by atoms with Crippen LogP contribution in [0.5, 0.6) is 0 Å². The van der Waals surface area contributed by atoms with Crippen molar-refractivity contribution in [2.75, 3.05) is 11.9 Å². The van der Waals surface area contributed by atoms with Crippen LogP contribution in [0.4, 0.5) is 10.2 Å². The molecule has 3 atom stereocenters. The predicted molar refractivity (Wildman–Crippen MR) is 115 cm³/mol. The maximum atomic E-state index is 13.2. The fourth-order valence-corrected chi connectivity index (χ4v) is 4.48. The van der Waals surface area contributed by atoms with E-state index in [4.69, 9.17) is 4.74 Å². The number of fused-ring (bicyclic) bond motifs is 1. The van der Waals surface area contributed by atoms with Crippen molar-refractivity contribution < 1.29 is 28.3 Å². The molecule has 1 aliphatic carbocycles. The summed E-state index contributed by atoms with van der Waals surface area (Å²) >= 11 is 0. The minimum absolute atomic E-state index is 0.321. The smallest absolute Gasteiger partial charge is 0.329 e. The van der Waals surface area contributed by atoms with Crippen LogP contribution in [0.25, 0.3) is 5.69 Å². The number of likely N-dealkylation sites (tertiary alicyclic amines) is 1. The number of amides is 3. The molecule has 2 unspecified atom stereocenters. The van der Waals surface area contributed by atoms with Crippen LogP contribution < -0.4 is 5.32 Å². The maximum absolute atomic E-state index is 13.2. The van der Waals surface area contributed by atoms with Crippen molar-refractivity contribution in [1.29, 1.82) is 0 Å². The van der Waals surface area contributed by atoms with E-state index in [1.54, 1.807) is 13.0 Å². The molecule has 4 rings (SSSR count). The highest BCUT2D eigenvalue weighted by Gasteiger charge is 2.51. The lowest BCUT2D eigenvalue weighted by Crippen LogP contribution is -2.45. The maximum Gasteiger partial charge on any atom is 0.329 e. The van der Waals surface area contributed by atoms with E-state index in [9.17, 15) is 23.6 Å². The summed E-state index contributed by atoms with van der Waals surface area (Å²) < 4.78 is 19.7. The normalized spacial score (nSPS) is 21.0. The van der Waals surface area contributed by atoms with Gasteiger partial charge in [-0.1, -0.05) is 12.8 Å². The quantitative estimate of drug-likeness (QED) is 0.528. The van der Waals surface area contributed by atoms with E-state index in [-0.39, 0.29) is 23.7 Å². The van der Waals surface area contributed by atoms with Gasteiger partial charge in [0.2, 0.25) is 11.8 Å². The Hall–Kier alpha value is -3.56.